The van der Waals surface area contributed by atoms with Crippen LogP contribution >= 0.6 is 0 Å². The minimum absolute atomic E-state index is 0.243. The molecule has 0 amide bonds. The average molecular weight is 254 g/mol. The monoisotopic (exact) mass is 254 g/mol. The SMILES string of the molecule is CCc1nc(CN2CC(O)CC2CN(C)C)no1. The molecular weight excluding hydrogens is 232 g/mol. The maximum absolute atomic E-state index is 9.79. The molecule has 0 aromatic carbocycles. The highest BCUT2D eigenvalue weighted by Gasteiger charge is 2.31. The molecule has 1 fully saturated rings. The molecular formula is C12H22N4O2. The molecule has 1 aromatic rings. The van der Waals surface area contributed by atoms with E-state index in [2.05, 4.69) is 19.9 Å². The fourth-order valence-electron chi connectivity index (χ4n) is 2.44. The summed E-state index contributed by atoms with van der Waals surface area (Å²) in [7, 11) is 4.10. The number of rotatable bonds is 5. The lowest BCUT2D eigenvalue weighted by molar-refractivity contribution is 0.166. The van der Waals surface area contributed by atoms with Gasteiger partial charge in [0, 0.05) is 25.6 Å². The minimum Gasteiger partial charge on any atom is -0.392 e. The third-order valence-corrected chi connectivity index (χ3v) is 3.24. The highest BCUT2D eigenvalue weighted by atomic mass is 16.5. The molecule has 0 bridgehead atoms. The first kappa shape index (κ1) is 13.5. The number of likely N-dealkylation sites (tertiary alicyclic amines) is 1. The second-order valence-corrected chi connectivity index (χ2v) is 5.19. The van der Waals surface area contributed by atoms with E-state index in [9.17, 15) is 5.11 Å². The van der Waals surface area contributed by atoms with Gasteiger partial charge in [-0.05, 0) is 20.5 Å². The topological polar surface area (TPSA) is 65.6 Å². The number of aliphatic hydroxyl groups is 1. The van der Waals surface area contributed by atoms with Crippen molar-refractivity contribution in [2.24, 2.45) is 0 Å². The minimum atomic E-state index is -0.243. The van der Waals surface area contributed by atoms with Gasteiger partial charge in [0.25, 0.3) is 0 Å². The molecule has 0 radical (unpaired) electrons. The van der Waals surface area contributed by atoms with Crippen LogP contribution in [-0.4, -0.2) is 64.4 Å². The van der Waals surface area contributed by atoms with Crippen molar-refractivity contribution in [1.29, 1.82) is 0 Å². The van der Waals surface area contributed by atoms with E-state index in [1.807, 2.05) is 21.0 Å². The van der Waals surface area contributed by atoms with Crippen LogP contribution < -0.4 is 0 Å². The fourth-order valence-corrected chi connectivity index (χ4v) is 2.44. The standard InChI is InChI=1S/C12H22N4O2/c1-4-12-13-11(14-18-12)8-16-7-10(17)5-9(16)6-15(2)3/h9-10,17H,4-8H2,1-3H3. The summed E-state index contributed by atoms with van der Waals surface area (Å²) < 4.78 is 5.11. The predicted molar refractivity (Wildman–Crippen MR) is 67.1 cm³/mol. The van der Waals surface area contributed by atoms with Crippen LogP contribution in [-0.2, 0) is 13.0 Å². The van der Waals surface area contributed by atoms with E-state index >= 15 is 0 Å². The van der Waals surface area contributed by atoms with Crippen LogP contribution in [0.25, 0.3) is 0 Å². The van der Waals surface area contributed by atoms with Crippen molar-refractivity contribution in [2.45, 2.75) is 38.5 Å². The smallest absolute Gasteiger partial charge is 0.226 e. The maximum atomic E-state index is 9.79. The van der Waals surface area contributed by atoms with E-state index in [0.717, 1.165) is 19.4 Å². The number of aromatic nitrogens is 2. The predicted octanol–water partition coefficient (Wildman–Crippen LogP) is 0.129. The van der Waals surface area contributed by atoms with Gasteiger partial charge in [-0.1, -0.05) is 12.1 Å². The first-order valence-corrected chi connectivity index (χ1v) is 6.46. The van der Waals surface area contributed by atoms with Crippen LogP contribution in [0.1, 0.15) is 25.1 Å². The van der Waals surface area contributed by atoms with E-state index in [4.69, 9.17) is 4.52 Å². The molecule has 2 unspecified atom stereocenters. The van der Waals surface area contributed by atoms with Crippen molar-refractivity contribution < 1.29 is 9.63 Å². The summed E-state index contributed by atoms with van der Waals surface area (Å²) in [4.78, 5) is 8.69. The number of aryl methyl sites for hydroxylation is 1. The zero-order chi connectivity index (χ0) is 13.1. The van der Waals surface area contributed by atoms with Gasteiger partial charge >= 0.3 is 0 Å². The molecule has 18 heavy (non-hydrogen) atoms. The Bertz CT molecular complexity index is 380. The van der Waals surface area contributed by atoms with Crippen molar-refractivity contribution >= 4 is 0 Å². The molecule has 0 aliphatic carbocycles. The van der Waals surface area contributed by atoms with Gasteiger partial charge in [0.15, 0.2) is 5.82 Å². The number of hydrogen-bond donors (Lipinski definition) is 1. The summed E-state index contributed by atoms with van der Waals surface area (Å²) in [6.07, 6.45) is 1.33. The fraction of sp³-hybridized carbons (Fsp3) is 0.833. The normalized spacial score (nSPS) is 25.2. The lowest BCUT2D eigenvalue weighted by atomic mass is 10.2. The summed E-state index contributed by atoms with van der Waals surface area (Å²) in [5.74, 6) is 1.39. The Balaban J connectivity index is 1.97. The van der Waals surface area contributed by atoms with Crippen LogP contribution in [0.3, 0.4) is 0 Å². The molecule has 1 aromatic heterocycles. The van der Waals surface area contributed by atoms with E-state index in [1.54, 1.807) is 0 Å². The number of likely N-dealkylation sites (N-methyl/N-ethyl adjacent to an activating group) is 1. The van der Waals surface area contributed by atoms with Crippen LogP contribution in [0.15, 0.2) is 4.52 Å². The van der Waals surface area contributed by atoms with Crippen molar-refractivity contribution in [2.75, 3.05) is 27.2 Å². The van der Waals surface area contributed by atoms with Gasteiger partial charge in [-0.25, -0.2) is 0 Å². The second-order valence-electron chi connectivity index (χ2n) is 5.19. The Hall–Kier alpha value is -0.980. The molecule has 1 aliphatic rings. The van der Waals surface area contributed by atoms with Gasteiger partial charge < -0.3 is 14.5 Å². The van der Waals surface area contributed by atoms with E-state index in [1.165, 1.54) is 0 Å². The van der Waals surface area contributed by atoms with Gasteiger partial charge in [0.2, 0.25) is 5.89 Å². The molecule has 6 nitrogen and oxygen atoms in total. The van der Waals surface area contributed by atoms with Gasteiger partial charge in [-0.2, -0.15) is 4.98 Å². The summed E-state index contributed by atoms with van der Waals surface area (Å²) in [6, 6.07) is 0.360. The Morgan fingerprint density at radius 2 is 2.28 bits per heavy atom. The molecule has 2 rings (SSSR count). The molecule has 1 aliphatic heterocycles. The zero-order valence-corrected chi connectivity index (χ0v) is 11.3. The number of β-amino-alcohol motifs (C(OH)–C–C–N with tert-alkyl or cyclic N) is 1. The largest absolute Gasteiger partial charge is 0.392 e. The molecule has 0 spiro atoms. The zero-order valence-electron chi connectivity index (χ0n) is 11.3. The molecule has 2 heterocycles. The van der Waals surface area contributed by atoms with Crippen molar-refractivity contribution in [3.8, 4) is 0 Å². The van der Waals surface area contributed by atoms with Crippen molar-refractivity contribution in [1.82, 2.24) is 19.9 Å². The van der Waals surface area contributed by atoms with Gasteiger partial charge in [-0.3, -0.25) is 4.90 Å². The number of nitrogens with zero attached hydrogens (tertiary/aromatic N) is 4. The van der Waals surface area contributed by atoms with E-state index in [-0.39, 0.29) is 6.10 Å². The van der Waals surface area contributed by atoms with Gasteiger partial charge in [0.1, 0.15) is 0 Å². The highest BCUT2D eigenvalue weighted by Crippen LogP contribution is 2.20. The number of hydrogen-bond acceptors (Lipinski definition) is 6. The van der Waals surface area contributed by atoms with Crippen LogP contribution in [0.4, 0.5) is 0 Å². The lowest BCUT2D eigenvalue weighted by Gasteiger charge is -2.25. The Kier molecular flexibility index (Phi) is 4.31. The van der Waals surface area contributed by atoms with Gasteiger partial charge in [-0.15, -0.1) is 0 Å². The first-order valence-electron chi connectivity index (χ1n) is 6.46. The second kappa shape index (κ2) is 5.77. The molecule has 6 heteroatoms. The summed E-state index contributed by atoms with van der Waals surface area (Å²) in [5.41, 5.74) is 0. The Morgan fingerprint density at radius 3 is 2.89 bits per heavy atom. The molecule has 102 valence electrons. The van der Waals surface area contributed by atoms with Crippen LogP contribution in [0.5, 0.6) is 0 Å². The summed E-state index contributed by atoms with van der Waals surface area (Å²) in [6.45, 7) is 4.27. The molecule has 2 atom stereocenters. The summed E-state index contributed by atoms with van der Waals surface area (Å²) >= 11 is 0. The lowest BCUT2D eigenvalue weighted by Crippen LogP contribution is -2.37. The number of aliphatic hydroxyl groups excluding tert-OH is 1. The Labute approximate surface area is 108 Å². The third-order valence-electron chi connectivity index (χ3n) is 3.24. The van der Waals surface area contributed by atoms with E-state index < -0.39 is 0 Å². The molecule has 1 saturated heterocycles. The third kappa shape index (κ3) is 3.28. The van der Waals surface area contributed by atoms with Crippen molar-refractivity contribution in [3.63, 3.8) is 0 Å². The van der Waals surface area contributed by atoms with Crippen LogP contribution in [0.2, 0.25) is 0 Å². The Morgan fingerprint density at radius 1 is 1.50 bits per heavy atom. The maximum Gasteiger partial charge on any atom is 0.226 e. The van der Waals surface area contributed by atoms with Gasteiger partial charge in [0.05, 0.1) is 12.6 Å². The quantitative estimate of drug-likeness (QED) is 0.805. The van der Waals surface area contributed by atoms with E-state index in [0.29, 0.717) is 30.8 Å². The molecule has 0 saturated carbocycles. The molecule has 1 N–H and O–H groups in total. The van der Waals surface area contributed by atoms with Crippen molar-refractivity contribution in [3.05, 3.63) is 11.7 Å². The first-order chi connectivity index (χ1) is 8.58. The van der Waals surface area contributed by atoms with Crippen LogP contribution in [0, 0.1) is 0 Å². The average Bonchev–Trinajstić information content (AvgIpc) is 2.86. The summed E-state index contributed by atoms with van der Waals surface area (Å²) in [5, 5.41) is 13.8. The highest BCUT2D eigenvalue weighted by molar-refractivity contribution is 4.92.